The lowest BCUT2D eigenvalue weighted by Crippen LogP contribution is -2.55. The van der Waals surface area contributed by atoms with Gasteiger partial charge in [0.2, 0.25) is 11.8 Å². The van der Waals surface area contributed by atoms with Gasteiger partial charge in [-0.15, -0.1) is 0 Å². The average Bonchev–Trinajstić information content (AvgIpc) is 3.07. The SMILES string of the molecule is CN1CC(C(=O)NC(C)(C(=O)O)C2CC2)CC1=O. The summed E-state index contributed by atoms with van der Waals surface area (Å²) in [5, 5.41) is 11.9. The van der Waals surface area contributed by atoms with E-state index in [2.05, 4.69) is 5.32 Å². The van der Waals surface area contributed by atoms with Gasteiger partial charge in [0.25, 0.3) is 0 Å². The van der Waals surface area contributed by atoms with Crippen LogP contribution in [0.1, 0.15) is 26.2 Å². The smallest absolute Gasteiger partial charge is 0.329 e. The Morgan fingerprint density at radius 3 is 2.44 bits per heavy atom. The zero-order chi connectivity index (χ0) is 13.5. The van der Waals surface area contributed by atoms with Crippen LogP contribution in [0.2, 0.25) is 0 Å². The Labute approximate surface area is 105 Å². The van der Waals surface area contributed by atoms with Gasteiger partial charge in [0.1, 0.15) is 5.54 Å². The van der Waals surface area contributed by atoms with Crippen LogP contribution in [0.4, 0.5) is 0 Å². The van der Waals surface area contributed by atoms with Crippen LogP contribution in [0, 0.1) is 11.8 Å². The first kappa shape index (κ1) is 12.9. The zero-order valence-electron chi connectivity index (χ0n) is 10.6. The third kappa shape index (κ3) is 2.19. The Balaban J connectivity index is 2.02. The van der Waals surface area contributed by atoms with Crippen LogP contribution in [-0.2, 0) is 14.4 Å². The van der Waals surface area contributed by atoms with Crippen LogP contribution >= 0.6 is 0 Å². The van der Waals surface area contributed by atoms with E-state index in [4.69, 9.17) is 0 Å². The molecule has 2 rings (SSSR count). The number of carboxylic acids is 1. The summed E-state index contributed by atoms with van der Waals surface area (Å²) < 4.78 is 0. The fraction of sp³-hybridized carbons (Fsp3) is 0.750. The molecule has 0 aromatic heterocycles. The first-order valence-electron chi connectivity index (χ1n) is 6.14. The van der Waals surface area contributed by atoms with Gasteiger partial charge in [0.05, 0.1) is 5.92 Å². The van der Waals surface area contributed by atoms with Gasteiger partial charge >= 0.3 is 5.97 Å². The second-order valence-electron chi connectivity index (χ2n) is 5.45. The third-order valence-electron chi connectivity index (χ3n) is 3.93. The number of rotatable bonds is 4. The van der Waals surface area contributed by atoms with Gasteiger partial charge < -0.3 is 15.3 Å². The second kappa shape index (κ2) is 4.26. The van der Waals surface area contributed by atoms with E-state index in [9.17, 15) is 19.5 Å². The number of aliphatic carboxylic acids is 1. The molecule has 2 amide bonds. The van der Waals surface area contributed by atoms with Crippen molar-refractivity contribution in [2.75, 3.05) is 13.6 Å². The minimum Gasteiger partial charge on any atom is -0.480 e. The standard InChI is InChI=1S/C12H18N2O4/c1-12(11(17)18,8-3-4-8)13-10(16)7-5-9(15)14(2)6-7/h7-8H,3-6H2,1-2H3,(H,13,16)(H,17,18). The van der Waals surface area contributed by atoms with Crippen LogP contribution in [0.25, 0.3) is 0 Å². The minimum absolute atomic E-state index is 0.00813. The van der Waals surface area contributed by atoms with Crippen molar-refractivity contribution >= 4 is 17.8 Å². The highest BCUT2D eigenvalue weighted by Crippen LogP contribution is 2.40. The van der Waals surface area contributed by atoms with Crippen LogP contribution in [0.3, 0.4) is 0 Å². The Morgan fingerprint density at radius 2 is 2.06 bits per heavy atom. The van der Waals surface area contributed by atoms with E-state index < -0.39 is 17.4 Å². The maximum Gasteiger partial charge on any atom is 0.329 e. The van der Waals surface area contributed by atoms with Gasteiger partial charge in [0, 0.05) is 20.0 Å². The van der Waals surface area contributed by atoms with Crippen molar-refractivity contribution in [3.8, 4) is 0 Å². The first-order chi connectivity index (χ1) is 8.34. The minimum atomic E-state index is -1.19. The number of nitrogens with zero attached hydrogens (tertiary/aromatic N) is 1. The van der Waals surface area contributed by atoms with E-state index in [1.807, 2.05) is 0 Å². The summed E-state index contributed by atoms with van der Waals surface area (Å²) >= 11 is 0. The Bertz CT molecular complexity index is 405. The van der Waals surface area contributed by atoms with Gasteiger partial charge in [-0.1, -0.05) is 0 Å². The van der Waals surface area contributed by atoms with Gasteiger partial charge in [-0.05, 0) is 25.7 Å². The molecule has 0 aromatic rings. The number of carboxylic acid groups (broad SMARTS) is 1. The highest BCUT2D eigenvalue weighted by Gasteiger charge is 2.49. The van der Waals surface area contributed by atoms with Gasteiger partial charge in [-0.2, -0.15) is 0 Å². The van der Waals surface area contributed by atoms with Crippen molar-refractivity contribution in [2.45, 2.75) is 31.7 Å². The lowest BCUT2D eigenvalue weighted by molar-refractivity contribution is -0.148. The monoisotopic (exact) mass is 254 g/mol. The molecule has 6 nitrogen and oxygen atoms in total. The molecule has 0 spiro atoms. The summed E-state index contributed by atoms with van der Waals surface area (Å²) in [5.41, 5.74) is -1.19. The van der Waals surface area contributed by atoms with Crippen LogP contribution in [0.5, 0.6) is 0 Å². The second-order valence-corrected chi connectivity index (χ2v) is 5.45. The van der Waals surface area contributed by atoms with Gasteiger partial charge in [0.15, 0.2) is 0 Å². The average molecular weight is 254 g/mol. The normalized spacial score (nSPS) is 26.9. The van der Waals surface area contributed by atoms with E-state index in [1.165, 1.54) is 4.90 Å². The van der Waals surface area contributed by atoms with E-state index in [0.717, 1.165) is 12.8 Å². The van der Waals surface area contributed by atoms with E-state index in [1.54, 1.807) is 14.0 Å². The van der Waals surface area contributed by atoms with E-state index in [0.29, 0.717) is 6.54 Å². The van der Waals surface area contributed by atoms with E-state index in [-0.39, 0.29) is 24.2 Å². The highest BCUT2D eigenvalue weighted by atomic mass is 16.4. The summed E-state index contributed by atoms with van der Waals surface area (Å²) in [6.07, 6.45) is 1.82. The molecular weight excluding hydrogens is 236 g/mol. The number of carbonyl (C=O) groups excluding carboxylic acids is 2. The molecule has 2 fully saturated rings. The molecule has 2 N–H and O–H groups in total. The molecular formula is C12H18N2O4. The summed E-state index contributed by atoms with van der Waals surface area (Å²) in [4.78, 5) is 36.2. The van der Waals surface area contributed by atoms with Gasteiger partial charge in [-0.3, -0.25) is 9.59 Å². The van der Waals surface area contributed by atoms with Crippen molar-refractivity contribution in [3.05, 3.63) is 0 Å². The van der Waals surface area contributed by atoms with Gasteiger partial charge in [-0.25, -0.2) is 4.79 Å². The van der Waals surface area contributed by atoms with Crippen LogP contribution < -0.4 is 5.32 Å². The Kier molecular flexibility index (Phi) is 3.04. The number of likely N-dealkylation sites (tertiary alicyclic amines) is 1. The molecule has 18 heavy (non-hydrogen) atoms. The summed E-state index contributed by atoms with van der Waals surface area (Å²) in [6.45, 7) is 1.91. The summed E-state index contributed by atoms with van der Waals surface area (Å²) in [7, 11) is 1.65. The molecule has 1 aliphatic carbocycles. The number of hydrogen-bond donors (Lipinski definition) is 2. The van der Waals surface area contributed by atoms with Crippen molar-refractivity contribution < 1.29 is 19.5 Å². The number of nitrogens with one attached hydrogen (secondary N) is 1. The zero-order valence-corrected chi connectivity index (χ0v) is 10.6. The van der Waals surface area contributed by atoms with E-state index >= 15 is 0 Å². The maximum absolute atomic E-state index is 12.0. The van der Waals surface area contributed by atoms with Crippen molar-refractivity contribution in [2.24, 2.45) is 11.8 Å². The van der Waals surface area contributed by atoms with Crippen molar-refractivity contribution in [1.29, 1.82) is 0 Å². The molecule has 1 heterocycles. The summed E-state index contributed by atoms with van der Waals surface area (Å²) in [6, 6.07) is 0. The fourth-order valence-corrected chi connectivity index (χ4v) is 2.39. The van der Waals surface area contributed by atoms with Crippen molar-refractivity contribution in [1.82, 2.24) is 10.2 Å². The van der Waals surface area contributed by atoms with Crippen LogP contribution in [-0.4, -0.2) is 46.9 Å². The highest BCUT2D eigenvalue weighted by molar-refractivity contribution is 5.92. The molecule has 2 unspecified atom stereocenters. The fourth-order valence-electron chi connectivity index (χ4n) is 2.39. The molecule has 1 aliphatic heterocycles. The predicted molar refractivity (Wildman–Crippen MR) is 62.7 cm³/mol. The van der Waals surface area contributed by atoms with Crippen molar-refractivity contribution in [3.63, 3.8) is 0 Å². The predicted octanol–water partition coefficient (Wildman–Crippen LogP) is -0.166. The molecule has 100 valence electrons. The number of amides is 2. The largest absolute Gasteiger partial charge is 0.480 e. The molecule has 0 radical (unpaired) electrons. The lowest BCUT2D eigenvalue weighted by atomic mass is 9.94. The molecule has 1 saturated carbocycles. The lowest BCUT2D eigenvalue weighted by Gasteiger charge is -2.27. The molecule has 2 aliphatic rings. The third-order valence-corrected chi connectivity index (χ3v) is 3.93. The molecule has 2 atom stereocenters. The first-order valence-corrected chi connectivity index (χ1v) is 6.14. The Hall–Kier alpha value is -1.59. The summed E-state index contributed by atoms with van der Waals surface area (Å²) in [5.74, 6) is -1.83. The topological polar surface area (TPSA) is 86.7 Å². The quantitative estimate of drug-likeness (QED) is 0.729. The molecule has 0 aromatic carbocycles. The molecule has 0 bridgehead atoms. The maximum atomic E-state index is 12.0. The number of carbonyl (C=O) groups is 3. The Morgan fingerprint density at radius 1 is 1.44 bits per heavy atom. The molecule has 1 saturated heterocycles. The van der Waals surface area contributed by atoms with Crippen LogP contribution in [0.15, 0.2) is 0 Å². The molecule has 6 heteroatoms. The number of hydrogen-bond acceptors (Lipinski definition) is 3.